The minimum atomic E-state index is 0.509. The Hall–Kier alpha value is -2.59. The summed E-state index contributed by atoms with van der Waals surface area (Å²) in [7, 11) is 1.57. The molecule has 0 bridgehead atoms. The van der Waals surface area contributed by atoms with Gasteiger partial charge in [-0.1, -0.05) is 35.5 Å². The van der Waals surface area contributed by atoms with Gasteiger partial charge in [0.1, 0.15) is 25.2 Å². The van der Waals surface area contributed by atoms with Crippen molar-refractivity contribution in [3.63, 3.8) is 0 Å². The third kappa shape index (κ3) is 3.34. The molecule has 124 valence electrons. The van der Waals surface area contributed by atoms with Gasteiger partial charge in [-0.3, -0.25) is 0 Å². The van der Waals surface area contributed by atoms with E-state index in [9.17, 15) is 0 Å². The largest absolute Gasteiger partial charge is 0.490 e. The first-order valence-corrected chi connectivity index (χ1v) is 8.06. The van der Waals surface area contributed by atoms with E-state index in [0.29, 0.717) is 13.2 Å². The van der Waals surface area contributed by atoms with Crippen LogP contribution in [0.25, 0.3) is 11.1 Å². The van der Waals surface area contributed by atoms with Crippen molar-refractivity contribution >= 4 is 5.71 Å². The van der Waals surface area contributed by atoms with Crippen molar-refractivity contribution in [3.8, 4) is 16.9 Å². The fraction of sp³-hybridized carbons (Fsp3) is 0.250. The van der Waals surface area contributed by atoms with Gasteiger partial charge in [-0.15, -0.1) is 0 Å². The van der Waals surface area contributed by atoms with Crippen LogP contribution in [0.15, 0.2) is 59.8 Å². The van der Waals surface area contributed by atoms with Crippen molar-refractivity contribution in [1.82, 2.24) is 0 Å². The van der Waals surface area contributed by atoms with Crippen LogP contribution in [0, 0.1) is 0 Å². The molecule has 4 heteroatoms. The summed E-state index contributed by atoms with van der Waals surface area (Å²) in [6.07, 6.45) is 3.92. The maximum atomic E-state index is 5.80. The fourth-order valence-corrected chi connectivity index (χ4v) is 2.77. The second-order valence-electron chi connectivity index (χ2n) is 5.32. The van der Waals surface area contributed by atoms with Crippen molar-refractivity contribution in [3.05, 3.63) is 65.7 Å². The first kappa shape index (κ1) is 16.3. The monoisotopic (exact) mass is 323 g/mol. The molecule has 0 N–H and O–H groups in total. The minimum Gasteiger partial charge on any atom is -0.490 e. The number of rotatable bonds is 7. The normalized spacial score (nSPS) is 14.0. The highest BCUT2D eigenvalue weighted by Crippen LogP contribution is 2.38. The Bertz CT molecular complexity index is 765. The Balaban J connectivity index is 1.79. The highest BCUT2D eigenvalue weighted by atomic mass is 16.6. The molecule has 24 heavy (non-hydrogen) atoms. The van der Waals surface area contributed by atoms with Crippen LogP contribution in [0.4, 0.5) is 0 Å². The van der Waals surface area contributed by atoms with Gasteiger partial charge in [0, 0.05) is 17.7 Å². The van der Waals surface area contributed by atoms with Crippen LogP contribution in [0.1, 0.15) is 18.1 Å². The van der Waals surface area contributed by atoms with E-state index in [1.807, 2.05) is 43.3 Å². The Morgan fingerprint density at radius 3 is 2.46 bits per heavy atom. The maximum Gasteiger partial charge on any atom is 0.120 e. The van der Waals surface area contributed by atoms with E-state index in [2.05, 4.69) is 23.4 Å². The number of ether oxygens (including phenoxy) is 2. The minimum absolute atomic E-state index is 0.509. The van der Waals surface area contributed by atoms with Gasteiger partial charge in [0.25, 0.3) is 0 Å². The van der Waals surface area contributed by atoms with Crippen LogP contribution in [-0.2, 0) is 9.57 Å². The van der Waals surface area contributed by atoms with Gasteiger partial charge in [-0.25, -0.2) is 0 Å². The van der Waals surface area contributed by atoms with Crippen LogP contribution in [0.5, 0.6) is 5.75 Å². The standard InChI is InChI=1S/C20H21NO3/c1-3-23-12-6-7-13-24-15-10-11-17-16-8-4-5-9-18(16)20(21-22-2)19(17)14-15/h4-11,14H,3,12-13H2,1-2H3/b7-6+,21-20+. The second kappa shape index (κ2) is 7.79. The summed E-state index contributed by atoms with van der Waals surface area (Å²) >= 11 is 0. The van der Waals surface area contributed by atoms with Gasteiger partial charge < -0.3 is 14.3 Å². The summed E-state index contributed by atoms with van der Waals surface area (Å²) in [4.78, 5) is 5.04. The summed E-state index contributed by atoms with van der Waals surface area (Å²) in [5.74, 6) is 0.811. The van der Waals surface area contributed by atoms with E-state index < -0.39 is 0 Å². The number of oxime groups is 1. The van der Waals surface area contributed by atoms with Crippen molar-refractivity contribution in [2.24, 2.45) is 5.16 Å². The van der Waals surface area contributed by atoms with Gasteiger partial charge in [0.2, 0.25) is 0 Å². The third-order valence-electron chi connectivity index (χ3n) is 3.83. The van der Waals surface area contributed by atoms with Crippen molar-refractivity contribution in [2.75, 3.05) is 26.9 Å². The predicted octanol–water partition coefficient (Wildman–Crippen LogP) is 4.04. The molecule has 4 nitrogen and oxygen atoms in total. The van der Waals surface area contributed by atoms with Crippen molar-refractivity contribution in [1.29, 1.82) is 0 Å². The maximum absolute atomic E-state index is 5.80. The summed E-state index contributed by atoms with van der Waals surface area (Å²) in [6.45, 7) is 3.82. The first-order chi connectivity index (χ1) is 11.8. The molecule has 2 aromatic rings. The number of hydrogen-bond donors (Lipinski definition) is 0. The van der Waals surface area contributed by atoms with Crippen LogP contribution >= 0.6 is 0 Å². The Morgan fingerprint density at radius 1 is 0.917 bits per heavy atom. The molecule has 0 unspecified atom stereocenters. The topological polar surface area (TPSA) is 40.0 Å². The Morgan fingerprint density at radius 2 is 1.67 bits per heavy atom. The third-order valence-corrected chi connectivity index (χ3v) is 3.83. The highest BCUT2D eigenvalue weighted by molar-refractivity contribution is 6.24. The zero-order valence-electron chi connectivity index (χ0n) is 14.0. The smallest absolute Gasteiger partial charge is 0.120 e. The summed E-state index contributed by atoms with van der Waals surface area (Å²) < 4.78 is 11.0. The first-order valence-electron chi connectivity index (χ1n) is 8.06. The number of fused-ring (bicyclic) bond motifs is 3. The lowest BCUT2D eigenvalue weighted by atomic mass is 10.1. The van der Waals surface area contributed by atoms with Gasteiger partial charge in [-0.05, 0) is 42.3 Å². The molecule has 0 amide bonds. The molecule has 0 radical (unpaired) electrons. The van der Waals surface area contributed by atoms with Crippen LogP contribution in [-0.4, -0.2) is 32.6 Å². The van der Waals surface area contributed by atoms with E-state index in [4.69, 9.17) is 14.3 Å². The molecule has 0 atom stereocenters. The molecule has 3 rings (SSSR count). The molecular formula is C20H21NO3. The zero-order chi connectivity index (χ0) is 16.8. The Labute approximate surface area is 142 Å². The molecule has 0 fully saturated rings. The van der Waals surface area contributed by atoms with Crippen LogP contribution in [0.3, 0.4) is 0 Å². The zero-order valence-corrected chi connectivity index (χ0v) is 14.0. The van der Waals surface area contributed by atoms with E-state index in [-0.39, 0.29) is 0 Å². The average Bonchev–Trinajstić information content (AvgIpc) is 2.92. The summed E-state index contributed by atoms with van der Waals surface area (Å²) in [6, 6.07) is 14.3. The average molecular weight is 323 g/mol. The lowest BCUT2D eigenvalue weighted by Gasteiger charge is -2.06. The molecule has 0 aliphatic heterocycles. The lowest BCUT2D eigenvalue weighted by Crippen LogP contribution is -2.00. The van der Waals surface area contributed by atoms with Gasteiger partial charge >= 0.3 is 0 Å². The number of hydrogen-bond acceptors (Lipinski definition) is 4. The van der Waals surface area contributed by atoms with Gasteiger partial charge in [-0.2, -0.15) is 0 Å². The predicted molar refractivity (Wildman–Crippen MR) is 95.7 cm³/mol. The molecule has 1 aliphatic rings. The van der Waals surface area contributed by atoms with Crippen molar-refractivity contribution in [2.45, 2.75) is 6.92 Å². The molecule has 2 aromatic carbocycles. The molecule has 0 saturated heterocycles. The molecular weight excluding hydrogens is 302 g/mol. The van der Waals surface area contributed by atoms with E-state index in [0.717, 1.165) is 34.8 Å². The van der Waals surface area contributed by atoms with E-state index >= 15 is 0 Å². The van der Waals surface area contributed by atoms with Crippen molar-refractivity contribution < 1.29 is 14.3 Å². The molecule has 0 spiro atoms. The van der Waals surface area contributed by atoms with Gasteiger partial charge in [0.05, 0.1) is 6.61 Å². The molecule has 0 saturated carbocycles. The SMILES string of the molecule is CCOC/C=C/COc1ccc2c(c1)/C(=N/OC)c1ccccc1-2. The summed E-state index contributed by atoms with van der Waals surface area (Å²) in [5.41, 5.74) is 5.30. The molecule has 0 heterocycles. The molecule has 1 aliphatic carbocycles. The van der Waals surface area contributed by atoms with E-state index in [1.54, 1.807) is 7.11 Å². The number of benzene rings is 2. The quantitative estimate of drug-likeness (QED) is 0.374. The van der Waals surface area contributed by atoms with Gasteiger partial charge in [0.15, 0.2) is 0 Å². The highest BCUT2D eigenvalue weighted by Gasteiger charge is 2.25. The number of nitrogens with zero attached hydrogens (tertiary/aromatic N) is 1. The summed E-state index contributed by atoms with van der Waals surface area (Å²) in [5, 5.41) is 4.21. The van der Waals surface area contributed by atoms with Crippen LogP contribution in [0.2, 0.25) is 0 Å². The second-order valence-corrected chi connectivity index (χ2v) is 5.32. The fourth-order valence-electron chi connectivity index (χ4n) is 2.77. The Kier molecular flexibility index (Phi) is 5.29. The van der Waals surface area contributed by atoms with E-state index in [1.165, 1.54) is 5.56 Å². The molecule has 0 aromatic heterocycles. The lowest BCUT2D eigenvalue weighted by molar-refractivity contribution is 0.177. The van der Waals surface area contributed by atoms with Crippen LogP contribution < -0.4 is 4.74 Å².